The maximum atomic E-state index is 12.4. The van der Waals surface area contributed by atoms with Gasteiger partial charge >= 0.3 is 12.1 Å². The average molecular weight is 475 g/mol. The Balaban J connectivity index is 1.36. The molecule has 0 fully saturated rings. The first-order valence-electron chi connectivity index (χ1n) is 11.2. The molecule has 8 heteroatoms. The van der Waals surface area contributed by atoms with Crippen molar-refractivity contribution in [2.45, 2.75) is 25.0 Å². The molecule has 3 aromatic carbocycles. The van der Waals surface area contributed by atoms with Crippen molar-refractivity contribution in [2.75, 3.05) is 19.0 Å². The molecule has 3 N–H and O–H groups in total. The topological polar surface area (TPSA) is 114 Å². The maximum Gasteiger partial charge on any atom is 0.411 e. The Hall–Kier alpha value is -4.17. The molecular formula is C27H26N2O6. The lowest BCUT2D eigenvalue weighted by Crippen LogP contribution is -2.48. The Kier molecular flexibility index (Phi) is 7.12. The number of carboxylic acids is 1. The van der Waals surface area contributed by atoms with Crippen LogP contribution in [0.15, 0.2) is 72.8 Å². The standard InChI is InChI=1S/C27H26N2O6/c1-16(34-2)24(26(31)32)29-25(30)17-11-13-18(14-12-17)28-27(33)35-15-23-21-9-5-3-7-19(21)20-8-4-6-10-22(20)23/h3-14,16,23-24H,15H2,1-2H3,(H,28,33)(H,29,30)(H,31,32). The largest absolute Gasteiger partial charge is 0.480 e. The minimum atomic E-state index is -1.19. The van der Waals surface area contributed by atoms with Crippen molar-refractivity contribution >= 4 is 23.7 Å². The predicted octanol–water partition coefficient (Wildman–Crippen LogP) is 4.27. The van der Waals surface area contributed by atoms with Gasteiger partial charge in [0.2, 0.25) is 0 Å². The quantitative estimate of drug-likeness (QED) is 0.449. The predicted molar refractivity (Wildman–Crippen MR) is 130 cm³/mol. The molecule has 0 bridgehead atoms. The zero-order valence-electron chi connectivity index (χ0n) is 19.4. The van der Waals surface area contributed by atoms with Gasteiger partial charge in [-0.05, 0) is 53.4 Å². The number of carbonyl (C=O) groups excluding carboxylic acids is 2. The summed E-state index contributed by atoms with van der Waals surface area (Å²) in [5.41, 5.74) is 5.24. The van der Waals surface area contributed by atoms with E-state index >= 15 is 0 Å². The second-order valence-corrected chi connectivity index (χ2v) is 8.26. The van der Waals surface area contributed by atoms with E-state index < -0.39 is 30.1 Å². The molecule has 180 valence electrons. The molecule has 8 nitrogen and oxygen atoms in total. The lowest BCUT2D eigenvalue weighted by atomic mass is 9.98. The van der Waals surface area contributed by atoms with Gasteiger partial charge in [0.1, 0.15) is 6.61 Å². The maximum absolute atomic E-state index is 12.4. The van der Waals surface area contributed by atoms with Crippen LogP contribution in [0.4, 0.5) is 10.5 Å². The molecule has 0 heterocycles. The van der Waals surface area contributed by atoms with E-state index in [9.17, 15) is 19.5 Å². The van der Waals surface area contributed by atoms with E-state index in [1.54, 1.807) is 19.1 Å². The molecule has 1 aliphatic rings. The summed E-state index contributed by atoms with van der Waals surface area (Å²) in [7, 11) is 1.37. The fraction of sp³-hybridized carbons (Fsp3) is 0.222. The van der Waals surface area contributed by atoms with Crippen LogP contribution in [0.2, 0.25) is 0 Å². The minimum Gasteiger partial charge on any atom is -0.480 e. The third-order valence-corrected chi connectivity index (χ3v) is 6.13. The second kappa shape index (κ2) is 10.4. The van der Waals surface area contributed by atoms with E-state index in [4.69, 9.17) is 9.47 Å². The monoisotopic (exact) mass is 474 g/mol. The van der Waals surface area contributed by atoms with Crippen molar-refractivity contribution in [1.82, 2.24) is 5.32 Å². The molecule has 4 rings (SSSR count). The summed E-state index contributed by atoms with van der Waals surface area (Å²) in [5.74, 6) is -1.80. The summed E-state index contributed by atoms with van der Waals surface area (Å²) < 4.78 is 10.5. The molecule has 0 spiro atoms. The Bertz CT molecular complexity index is 1190. The first-order valence-corrected chi connectivity index (χ1v) is 11.2. The minimum absolute atomic E-state index is 0.0455. The lowest BCUT2D eigenvalue weighted by molar-refractivity contribution is -0.142. The highest BCUT2D eigenvalue weighted by Crippen LogP contribution is 2.44. The van der Waals surface area contributed by atoms with Gasteiger partial charge in [0.25, 0.3) is 5.91 Å². The van der Waals surface area contributed by atoms with Crippen molar-refractivity contribution in [1.29, 1.82) is 0 Å². The highest BCUT2D eigenvalue weighted by molar-refractivity contribution is 5.97. The Labute approximate surface area is 202 Å². The number of amides is 2. The van der Waals surface area contributed by atoms with Crippen LogP contribution in [0.3, 0.4) is 0 Å². The number of ether oxygens (including phenoxy) is 2. The van der Waals surface area contributed by atoms with Gasteiger partial charge in [-0.15, -0.1) is 0 Å². The molecule has 0 saturated carbocycles. The van der Waals surface area contributed by atoms with Gasteiger partial charge in [0.05, 0.1) is 6.10 Å². The number of methoxy groups -OCH3 is 1. The molecule has 2 atom stereocenters. The second-order valence-electron chi connectivity index (χ2n) is 8.26. The van der Waals surface area contributed by atoms with Crippen LogP contribution in [0, 0.1) is 0 Å². The highest BCUT2D eigenvalue weighted by atomic mass is 16.5. The van der Waals surface area contributed by atoms with Gasteiger partial charge in [-0.3, -0.25) is 10.1 Å². The molecule has 0 aromatic heterocycles. The zero-order valence-corrected chi connectivity index (χ0v) is 19.4. The van der Waals surface area contributed by atoms with Crippen LogP contribution in [-0.4, -0.2) is 48.9 Å². The fourth-order valence-electron chi connectivity index (χ4n) is 4.20. The number of nitrogens with one attached hydrogen (secondary N) is 2. The lowest BCUT2D eigenvalue weighted by Gasteiger charge is -2.20. The Morgan fingerprint density at radius 3 is 2.03 bits per heavy atom. The van der Waals surface area contributed by atoms with Crippen molar-refractivity contribution < 1.29 is 29.0 Å². The summed E-state index contributed by atoms with van der Waals surface area (Å²) in [6.07, 6.45) is -1.31. The SMILES string of the molecule is COC(C)C(NC(=O)c1ccc(NC(=O)OCC2c3ccccc3-c3ccccc32)cc1)C(=O)O. The van der Waals surface area contributed by atoms with E-state index in [0.29, 0.717) is 5.69 Å². The van der Waals surface area contributed by atoms with Crippen molar-refractivity contribution in [3.63, 3.8) is 0 Å². The Morgan fingerprint density at radius 1 is 0.914 bits per heavy atom. The van der Waals surface area contributed by atoms with Crippen LogP contribution in [0.1, 0.15) is 34.3 Å². The smallest absolute Gasteiger partial charge is 0.411 e. The van der Waals surface area contributed by atoms with Crippen molar-refractivity contribution in [3.05, 3.63) is 89.5 Å². The van der Waals surface area contributed by atoms with Crippen molar-refractivity contribution in [2.24, 2.45) is 0 Å². The fourth-order valence-corrected chi connectivity index (χ4v) is 4.20. The van der Waals surface area contributed by atoms with Crippen LogP contribution in [-0.2, 0) is 14.3 Å². The van der Waals surface area contributed by atoms with Crippen LogP contribution < -0.4 is 10.6 Å². The van der Waals surface area contributed by atoms with Crippen LogP contribution in [0.25, 0.3) is 11.1 Å². The zero-order chi connectivity index (χ0) is 24.9. The number of hydrogen-bond donors (Lipinski definition) is 3. The van der Waals surface area contributed by atoms with E-state index in [0.717, 1.165) is 22.3 Å². The summed E-state index contributed by atoms with van der Waals surface area (Å²) in [6, 6.07) is 21.1. The molecule has 35 heavy (non-hydrogen) atoms. The highest BCUT2D eigenvalue weighted by Gasteiger charge is 2.29. The third-order valence-electron chi connectivity index (χ3n) is 6.13. The molecular weight excluding hydrogens is 448 g/mol. The molecule has 0 radical (unpaired) electrons. The summed E-state index contributed by atoms with van der Waals surface area (Å²) in [5, 5.41) is 14.4. The van der Waals surface area contributed by atoms with Gasteiger partial charge in [0.15, 0.2) is 6.04 Å². The van der Waals surface area contributed by atoms with Crippen molar-refractivity contribution in [3.8, 4) is 11.1 Å². The van der Waals surface area contributed by atoms with E-state index in [1.807, 2.05) is 36.4 Å². The molecule has 2 unspecified atom stereocenters. The number of benzene rings is 3. The average Bonchev–Trinajstić information content (AvgIpc) is 3.19. The third kappa shape index (κ3) is 5.17. The normalized spacial score (nSPS) is 13.8. The van der Waals surface area contributed by atoms with E-state index in [2.05, 4.69) is 22.8 Å². The van der Waals surface area contributed by atoms with E-state index in [-0.39, 0.29) is 18.1 Å². The van der Waals surface area contributed by atoms with Gasteiger partial charge in [-0.25, -0.2) is 9.59 Å². The number of hydrogen-bond acceptors (Lipinski definition) is 5. The Morgan fingerprint density at radius 2 is 1.49 bits per heavy atom. The van der Waals surface area contributed by atoms with Gasteiger partial charge in [-0.2, -0.15) is 0 Å². The molecule has 0 aliphatic heterocycles. The number of carboxylic acid groups (broad SMARTS) is 1. The van der Waals surface area contributed by atoms with Crippen LogP contribution >= 0.6 is 0 Å². The molecule has 1 aliphatic carbocycles. The number of carbonyl (C=O) groups is 3. The molecule has 0 saturated heterocycles. The number of fused-ring (bicyclic) bond motifs is 3. The van der Waals surface area contributed by atoms with Gasteiger partial charge in [0, 0.05) is 24.3 Å². The first kappa shape index (κ1) is 24.0. The van der Waals surface area contributed by atoms with Gasteiger partial charge in [-0.1, -0.05) is 48.5 Å². The number of anilines is 1. The summed E-state index contributed by atoms with van der Waals surface area (Å²) in [4.78, 5) is 36.2. The van der Waals surface area contributed by atoms with Crippen LogP contribution in [0.5, 0.6) is 0 Å². The molecule has 2 amide bonds. The summed E-state index contributed by atoms with van der Waals surface area (Å²) in [6.45, 7) is 1.75. The first-order chi connectivity index (χ1) is 16.9. The molecule has 3 aromatic rings. The van der Waals surface area contributed by atoms with E-state index in [1.165, 1.54) is 19.2 Å². The number of aliphatic carboxylic acids is 1. The van der Waals surface area contributed by atoms with Gasteiger partial charge < -0.3 is 19.9 Å². The number of rotatable bonds is 8. The summed E-state index contributed by atoms with van der Waals surface area (Å²) >= 11 is 0.